The number of aromatic nitrogens is 2. The Hall–Kier alpha value is -0.830. The molecule has 1 N–H and O–H groups in total. The molecule has 92 valence electrons. The summed E-state index contributed by atoms with van der Waals surface area (Å²) in [7, 11) is 1.97. The van der Waals surface area contributed by atoms with E-state index in [1.165, 1.54) is 5.56 Å². The Balaban J connectivity index is 2.50. The molecule has 0 radical (unpaired) electrons. The second-order valence-corrected chi connectivity index (χ2v) is 5.04. The molecule has 3 nitrogen and oxygen atoms in total. The van der Waals surface area contributed by atoms with Gasteiger partial charge in [-0.2, -0.15) is 5.10 Å². The zero-order chi connectivity index (χ0) is 12.1. The van der Waals surface area contributed by atoms with Gasteiger partial charge in [-0.05, 0) is 24.8 Å². The van der Waals surface area contributed by atoms with Crippen molar-refractivity contribution in [3.8, 4) is 0 Å². The number of aryl methyl sites for hydroxylation is 1. The van der Waals surface area contributed by atoms with E-state index in [-0.39, 0.29) is 0 Å². The Morgan fingerprint density at radius 3 is 2.50 bits per heavy atom. The van der Waals surface area contributed by atoms with E-state index in [0.717, 1.165) is 18.9 Å². The molecule has 0 amide bonds. The zero-order valence-corrected chi connectivity index (χ0v) is 11.2. The minimum atomic E-state index is 0.440. The van der Waals surface area contributed by atoms with Gasteiger partial charge >= 0.3 is 0 Å². The smallest absolute Gasteiger partial charge is 0.0537 e. The summed E-state index contributed by atoms with van der Waals surface area (Å²) in [6, 6.07) is 0.440. The standard InChI is InChI=1S/C13H25N3/c1-6-13(12-8-15-16(5)9-12)14-7-11(4)10(2)3/h8-11,13-14H,6-7H2,1-5H3. The quantitative estimate of drug-likeness (QED) is 0.803. The van der Waals surface area contributed by atoms with Crippen LogP contribution in [0.3, 0.4) is 0 Å². The molecular formula is C13H25N3. The Bertz CT molecular complexity index is 304. The van der Waals surface area contributed by atoms with E-state index in [0.29, 0.717) is 12.0 Å². The molecular weight excluding hydrogens is 198 g/mol. The van der Waals surface area contributed by atoms with Crippen LogP contribution in [0.5, 0.6) is 0 Å². The van der Waals surface area contributed by atoms with Crippen molar-refractivity contribution in [2.45, 2.75) is 40.2 Å². The molecule has 1 aromatic heterocycles. The van der Waals surface area contributed by atoms with Crippen LogP contribution >= 0.6 is 0 Å². The molecule has 0 spiro atoms. The fourth-order valence-corrected chi connectivity index (χ4v) is 1.68. The highest BCUT2D eigenvalue weighted by Crippen LogP contribution is 2.17. The minimum absolute atomic E-state index is 0.440. The number of hydrogen-bond acceptors (Lipinski definition) is 2. The molecule has 2 unspecified atom stereocenters. The number of hydrogen-bond donors (Lipinski definition) is 1. The first-order valence-electron chi connectivity index (χ1n) is 6.26. The molecule has 0 aliphatic heterocycles. The first kappa shape index (κ1) is 13.2. The van der Waals surface area contributed by atoms with Crippen molar-refractivity contribution in [2.24, 2.45) is 18.9 Å². The lowest BCUT2D eigenvalue weighted by Gasteiger charge is -2.21. The summed E-state index contributed by atoms with van der Waals surface area (Å²) >= 11 is 0. The van der Waals surface area contributed by atoms with Gasteiger partial charge in [-0.1, -0.05) is 27.7 Å². The van der Waals surface area contributed by atoms with Crippen molar-refractivity contribution in [3.05, 3.63) is 18.0 Å². The fraction of sp³-hybridized carbons (Fsp3) is 0.769. The second-order valence-electron chi connectivity index (χ2n) is 5.04. The SMILES string of the molecule is CCC(NCC(C)C(C)C)c1cnn(C)c1. The lowest BCUT2D eigenvalue weighted by Crippen LogP contribution is -2.27. The van der Waals surface area contributed by atoms with Gasteiger partial charge in [0.1, 0.15) is 0 Å². The summed E-state index contributed by atoms with van der Waals surface area (Å²) in [5.41, 5.74) is 1.29. The predicted molar refractivity (Wildman–Crippen MR) is 68.2 cm³/mol. The van der Waals surface area contributed by atoms with Gasteiger partial charge in [0.2, 0.25) is 0 Å². The van der Waals surface area contributed by atoms with Gasteiger partial charge < -0.3 is 5.32 Å². The van der Waals surface area contributed by atoms with Crippen LogP contribution < -0.4 is 5.32 Å². The summed E-state index contributed by atoms with van der Waals surface area (Å²) in [6.07, 6.45) is 5.17. The largest absolute Gasteiger partial charge is 0.310 e. The third kappa shape index (κ3) is 3.63. The molecule has 1 rings (SSSR count). The van der Waals surface area contributed by atoms with E-state index in [9.17, 15) is 0 Å². The van der Waals surface area contributed by atoms with Gasteiger partial charge in [0.15, 0.2) is 0 Å². The number of nitrogens with one attached hydrogen (secondary N) is 1. The fourth-order valence-electron chi connectivity index (χ4n) is 1.68. The van der Waals surface area contributed by atoms with E-state index in [2.05, 4.69) is 44.3 Å². The van der Waals surface area contributed by atoms with Crippen LogP contribution in [-0.2, 0) is 7.05 Å². The topological polar surface area (TPSA) is 29.9 Å². The minimum Gasteiger partial charge on any atom is -0.310 e. The van der Waals surface area contributed by atoms with Crippen LogP contribution in [0.25, 0.3) is 0 Å². The number of rotatable bonds is 6. The van der Waals surface area contributed by atoms with Crippen LogP contribution in [-0.4, -0.2) is 16.3 Å². The average Bonchev–Trinajstić information content (AvgIpc) is 2.65. The maximum atomic E-state index is 4.22. The molecule has 1 aromatic rings. The van der Waals surface area contributed by atoms with Gasteiger partial charge in [0.05, 0.1) is 6.20 Å². The van der Waals surface area contributed by atoms with Gasteiger partial charge in [0, 0.05) is 24.8 Å². The van der Waals surface area contributed by atoms with Crippen LogP contribution in [0.4, 0.5) is 0 Å². The highest BCUT2D eigenvalue weighted by Gasteiger charge is 2.13. The normalized spacial score (nSPS) is 15.4. The monoisotopic (exact) mass is 223 g/mol. The molecule has 0 aliphatic rings. The Morgan fingerprint density at radius 2 is 2.06 bits per heavy atom. The Labute approximate surface area is 99.2 Å². The maximum absolute atomic E-state index is 4.22. The van der Waals surface area contributed by atoms with Crippen LogP contribution in [0.2, 0.25) is 0 Å². The first-order chi connectivity index (χ1) is 7.54. The van der Waals surface area contributed by atoms with Crippen molar-refractivity contribution >= 4 is 0 Å². The van der Waals surface area contributed by atoms with Crippen molar-refractivity contribution in [1.82, 2.24) is 15.1 Å². The molecule has 0 aromatic carbocycles. The Morgan fingerprint density at radius 1 is 1.38 bits per heavy atom. The van der Waals surface area contributed by atoms with Crippen molar-refractivity contribution in [3.63, 3.8) is 0 Å². The number of nitrogens with zero attached hydrogens (tertiary/aromatic N) is 2. The summed E-state index contributed by atoms with van der Waals surface area (Å²) in [6.45, 7) is 10.1. The maximum Gasteiger partial charge on any atom is 0.0537 e. The molecule has 0 saturated heterocycles. The van der Waals surface area contributed by atoms with Gasteiger partial charge in [-0.25, -0.2) is 0 Å². The second kappa shape index (κ2) is 6.04. The summed E-state index contributed by atoms with van der Waals surface area (Å²) in [4.78, 5) is 0. The molecule has 0 bridgehead atoms. The van der Waals surface area contributed by atoms with Crippen molar-refractivity contribution in [1.29, 1.82) is 0 Å². The highest BCUT2D eigenvalue weighted by molar-refractivity contribution is 5.09. The molecule has 0 saturated carbocycles. The van der Waals surface area contributed by atoms with E-state index in [1.807, 2.05) is 17.9 Å². The van der Waals surface area contributed by atoms with E-state index in [1.54, 1.807) is 0 Å². The molecule has 1 heterocycles. The zero-order valence-electron chi connectivity index (χ0n) is 11.2. The third-order valence-corrected chi connectivity index (χ3v) is 3.36. The van der Waals surface area contributed by atoms with E-state index < -0.39 is 0 Å². The molecule has 3 heteroatoms. The molecule has 2 atom stereocenters. The van der Waals surface area contributed by atoms with Crippen LogP contribution in [0.1, 0.15) is 45.7 Å². The summed E-state index contributed by atoms with van der Waals surface area (Å²) < 4.78 is 1.87. The van der Waals surface area contributed by atoms with Gasteiger partial charge in [0.25, 0.3) is 0 Å². The van der Waals surface area contributed by atoms with Crippen LogP contribution in [0.15, 0.2) is 12.4 Å². The van der Waals surface area contributed by atoms with Gasteiger partial charge in [-0.3, -0.25) is 4.68 Å². The van der Waals surface area contributed by atoms with E-state index in [4.69, 9.17) is 0 Å². The van der Waals surface area contributed by atoms with Gasteiger partial charge in [-0.15, -0.1) is 0 Å². The van der Waals surface area contributed by atoms with Crippen molar-refractivity contribution < 1.29 is 0 Å². The molecule has 0 aliphatic carbocycles. The van der Waals surface area contributed by atoms with E-state index >= 15 is 0 Å². The average molecular weight is 223 g/mol. The van der Waals surface area contributed by atoms with Crippen LogP contribution in [0, 0.1) is 11.8 Å². The third-order valence-electron chi connectivity index (χ3n) is 3.36. The lowest BCUT2D eigenvalue weighted by molar-refractivity contribution is 0.366. The summed E-state index contributed by atoms with van der Waals surface area (Å²) in [5.74, 6) is 1.45. The molecule has 0 fully saturated rings. The summed E-state index contributed by atoms with van der Waals surface area (Å²) in [5, 5.41) is 7.85. The first-order valence-corrected chi connectivity index (χ1v) is 6.26. The predicted octanol–water partition coefficient (Wildman–Crippen LogP) is 2.75. The highest BCUT2D eigenvalue weighted by atomic mass is 15.2. The Kier molecular flexibility index (Phi) is 5.00. The lowest BCUT2D eigenvalue weighted by atomic mass is 9.97. The van der Waals surface area contributed by atoms with Crippen molar-refractivity contribution in [2.75, 3.05) is 6.54 Å². The molecule has 16 heavy (non-hydrogen) atoms.